The van der Waals surface area contributed by atoms with Crippen molar-refractivity contribution in [3.8, 4) is 11.8 Å². The molecule has 0 aliphatic carbocycles. The molecule has 0 amide bonds. The van der Waals surface area contributed by atoms with Crippen molar-refractivity contribution in [2.75, 3.05) is 7.11 Å². The molecule has 0 unspecified atom stereocenters. The van der Waals surface area contributed by atoms with Crippen LogP contribution in [0, 0.1) is 11.8 Å². The molecule has 0 fully saturated rings. The molecule has 0 aliphatic heterocycles. The van der Waals surface area contributed by atoms with Crippen molar-refractivity contribution in [1.82, 2.24) is 5.32 Å². The second-order valence-corrected chi connectivity index (χ2v) is 7.72. The number of esters is 1. The lowest BCUT2D eigenvalue weighted by molar-refractivity contribution is -0.134. The highest BCUT2D eigenvalue weighted by atomic mass is 16.5. The van der Waals surface area contributed by atoms with Crippen LogP contribution >= 0.6 is 0 Å². The molecule has 0 heterocycles. The summed E-state index contributed by atoms with van der Waals surface area (Å²) in [6, 6.07) is 16.6. The average Bonchev–Trinajstić information content (AvgIpc) is 2.81. The van der Waals surface area contributed by atoms with Crippen molar-refractivity contribution < 1.29 is 9.53 Å². The minimum absolute atomic E-state index is 0.347. The van der Waals surface area contributed by atoms with E-state index in [0.717, 1.165) is 30.6 Å². The first-order valence-electron chi connectivity index (χ1n) is 11.3. The van der Waals surface area contributed by atoms with Gasteiger partial charge in [-0.25, -0.2) is 4.79 Å². The molecule has 0 bridgehead atoms. The second kappa shape index (κ2) is 15.0. The maximum Gasteiger partial charge on any atom is 0.330 e. The fourth-order valence-electron chi connectivity index (χ4n) is 3.19. The summed E-state index contributed by atoms with van der Waals surface area (Å²) >= 11 is 0. The highest BCUT2D eigenvalue weighted by Crippen LogP contribution is 2.09. The fraction of sp³-hybridized carbons (Fsp3) is 0.393. The van der Waals surface area contributed by atoms with E-state index < -0.39 is 0 Å². The summed E-state index contributed by atoms with van der Waals surface area (Å²) in [4.78, 5) is 11.1. The van der Waals surface area contributed by atoms with Gasteiger partial charge in [0.15, 0.2) is 0 Å². The van der Waals surface area contributed by atoms with Crippen LogP contribution < -0.4 is 5.32 Å². The number of rotatable bonds is 12. The lowest BCUT2D eigenvalue weighted by Gasteiger charge is -2.06. The summed E-state index contributed by atoms with van der Waals surface area (Å²) in [6.07, 6.45) is 12.0. The topological polar surface area (TPSA) is 38.3 Å². The Morgan fingerprint density at radius 2 is 1.52 bits per heavy atom. The summed E-state index contributed by atoms with van der Waals surface area (Å²) in [5.74, 6) is 6.23. The summed E-state index contributed by atoms with van der Waals surface area (Å²) in [7, 11) is 1.37. The number of carbonyl (C=O) groups excluding carboxylic acids is 1. The molecule has 0 atom stereocenters. The first kappa shape index (κ1) is 24.4. The molecule has 0 radical (unpaired) electrons. The zero-order valence-electron chi connectivity index (χ0n) is 19.0. The number of benzene rings is 2. The van der Waals surface area contributed by atoms with Crippen molar-refractivity contribution in [2.45, 2.75) is 65.0 Å². The quantitative estimate of drug-likeness (QED) is 0.192. The largest absolute Gasteiger partial charge is 0.466 e. The summed E-state index contributed by atoms with van der Waals surface area (Å²) in [5, 5.41) is 3.47. The van der Waals surface area contributed by atoms with Gasteiger partial charge in [-0.15, -0.1) is 0 Å². The van der Waals surface area contributed by atoms with Crippen LogP contribution in [0.25, 0.3) is 6.08 Å². The van der Waals surface area contributed by atoms with Gasteiger partial charge < -0.3 is 10.1 Å². The Morgan fingerprint density at radius 3 is 2.16 bits per heavy atom. The van der Waals surface area contributed by atoms with Gasteiger partial charge in [0.25, 0.3) is 0 Å². The lowest BCUT2D eigenvalue weighted by atomic mass is 10.1. The minimum Gasteiger partial charge on any atom is -0.466 e. The molecular weight excluding hydrogens is 382 g/mol. The highest BCUT2D eigenvalue weighted by molar-refractivity contribution is 5.86. The maximum atomic E-state index is 11.1. The van der Waals surface area contributed by atoms with E-state index in [2.05, 4.69) is 65.2 Å². The Labute approximate surface area is 187 Å². The van der Waals surface area contributed by atoms with E-state index in [0.29, 0.717) is 0 Å². The molecule has 0 saturated heterocycles. The predicted octanol–water partition coefficient (Wildman–Crippen LogP) is 6.26. The van der Waals surface area contributed by atoms with Crippen LogP contribution in [0.3, 0.4) is 0 Å². The smallest absolute Gasteiger partial charge is 0.330 e. The zero-order valence-corrected chi connectivity index (χ0v) is 19.0. The zero-order chi connectivity index (χ0) is 22.2. The van der Waals surface area contributed by atoms with Gasteiger partial charge in [0.05, 0.1) is 7.11 Å². The van der Waals surface area contributed by atoms with Gasteiger partial charge in [0, 0.05) is 31.1 Å². The molecule has 0 saturated carbocycles. The Balaban J connectivity index is 1.67. The number of carbonyl (C=O) groups is 1. The summed E-state index contributed by atoms with van der Waals surface area (Å²) in [5.41, 5.74) is 4.51. The molecule has 3 nitrogen and oxygen atoms in total. The Kier molecular flexibility index (Phi) is 11.9. The van der Waals surface area contributed by atoms with Crippen molar-refractivity contribution in [3.63, 3.8) is 0 Å². The van der Waals surface area contributed by atoms with Crippen LogP contribution in [-0.4, -0.2) is 13.1 Å². The van der Waals surface area contributed by atoms with E-state index in [4.69, 9.17) is 0 Å². The van der Waals surface area contributed by atoms with Crippen molar-refractivity contribution in [1.29, 1.82) is 0 Å². The Bertz CT molecular complexity index is 855. The SMILES string of the molecule is CCCCCCCCC#Cc1ccc(CNCc2ccc(/C=C/C(=O)OC)cc2)cc1. The van der Waals surface area contributed by atoms with Crippen LogP contribution in [0.5, 0.6) is 0 Å². The van der Waals surface area contributed by atoms with Gasteiger partial charge in [0.2, 0.25) is 0 Å². The van der Waals surface area contributed by atoms with Crippen LogP contribution in [0.2, 0.25) is 0 Å². The predicted molar refractivity (Wildman–Crippen MR) is 129 cm³/mol. The van der Waals surface area contributed by atoms with E-state index >= 15 is 0 Å². The Hall–Kier alpha value is -2.83. The van der Waals surface area contributed by atoms with E-state index in [1.165, 1.54) is 62.8 Å². The Morgan fingerprint density at radius 1 is 0.903 bits per heavy atom. The van der Waals surface area contributed by atoms with Crippen LogP contribution in [0.4, 0.5) is 0 Å². The molecule has 0 aromatic heterocycles. The molecule has 2 rings (SSSR count). The van der Waals surface area contributed by atoms with Gasteiger partial charge in [-0.05, 0) is 41.3 Å². The normalized spacial score (nSPS) is 10.6. The standard InChI is InChI=1S/C28H35NO2/c1-3-4-5-6-7-8-9-10-11-24-12-16-26(17-13-24)22-29-23-27-18-14-25(15-19-27)20-21-28(30)31-2/h12-21,29H,3-9,22-23H2,1-2H3/b21-20+. The van der Waals surface area contributed by atoms with Gasteiger partial charge in [0.1, 0.15) is 0 Å². The van der Waals surface area contributed by atoms with Crippen LogP contribution in [-0.2, 0) is 22.6 Å². The highest BCUT2D eigenvalue weighted by Gasteiger charge is 1.97. The molecular formula is C28H35NO2. The monoisotopic (exact) mass is 417 g/mol. The molecule has 31 heavy (non-hydrogen) atoms. The molecule has 2 aromatic carbocycles. The fourth-order valence-corrected chi connectivity index (χ4v) is 3.19. The van der Waals surface area contributed by atoms with Gasteiger partial charge >= 0.3 is 5.97 Å². The van der Waals surface area contributed by atoms with E-state index in [1.807, 2.05) is 12.1 Å². The third kappa shape index (κ3) is 10.7. The van der Waals surface area contributed by atoms with Gasteiger partial charge in [-0.1, -0.05) is 87.3 Å². The lowest BCUT2D eigenvalue weighted by Crippen LogP contribution is -2.12. The summed E-state index contributed by atoms with van der Waals surface area (Å²) in [6.45, 7) is 3.86. The van der Waals surface area contributed by atoms with E-state index in [9.17, 15) is 4.79 Å². The number of ether oxygens (including phenoxy) is 1. The van der Waals surface area contributed by atoms with Crippen molar-refractivity contribution >= 4 is 12.0 Å². The van der Waals surface area contributed by atoms with Crippen LogP contribution in [0.1, 0.15) is 74.1 Å². The number of hydrogen-bond acceptors (Lipinski definition) is 3. The molecule has 164 valence electrons. The van der Waals surface area contributed by atoms with Crippen LogP contribution in [0.15, 0.2) is 54.6 Å². The van der Waals surface area contributed by atoms with Gasteiger partial charge in [-0.2, -0.15) is 0 Å². The molecule has 2 aromatic rings. The number of nitrogens with one attached hydrogen (secondary N) is 1. The van der Waals surface area contributed by atoms with Crippen molar-refractivity contribution in [2.24, 2.45) is 0 Å². The number of methoxy groups -OCH3 is 1. The summed E-state index contributed by atoms with van der Waals surface area (Å²) < 4.78 is 4.60. The molecule has 0 aliphatic rings. The van der Waals surface area contributed by atoms with Gasteiger partial charge in [-0.3, -0.25) is 0 Å². The first-order valence-corrected chi connectivity index (χ1v) is 11.3. The third-order valence-corrected chi connectivity index (χ3v) is 5.09. The maximum absolute atomic E-state index is 11.1. The molecule has 1 N–H and O–H groups in total. The number of hydrogen-bond donors (Lipinski definition) is 1. The molecule has 3 heteroatoms. The third-order valence-electron chi connectivity index (χ3n) is 5.09. The average molecular weight is 418 g/mol. The molecule has 0 spiro atoms. The van der Waals surface area contributed by atoms with Crippen molar-refractivity contribution in [3.05, 3.63) is 76.9 Å². The van der Waals surface area contributed by atoms with E-state index in [1.54, 1.807) is 6.08 Å². The first-order chi connectivity index (χ1) is 15.2. The minimum atomic E-state index is -0.347. The number of unbranched alkanes of at least 4 members (excludes halogenated alkanes) is 6. The second-order valence-electron chi connectivity index (χ2n) is 7.72. The van der Waals surface area contributed by atoms with E-state index in [-0.39, 0.29) is 5.97 Å².